The van der Waals surface area contributed by atoms with E-state index in [-0.39, 0.29) is 6.42 Å². The van der Waals surface area contributed by atoms with Crippen LogP contribution in [0.2, 0.25) is 0 Å². The molecule has 0 amide bonds. The van der Waals surface area contributed by atoms with Gasteiger partial charge >= 0.3 is 5.97 Å². The molecule has 4 heteroatoms. The van der Waals surface area contributed by atoms with Gasteiger partial charge in [0.1, 0.15) is 0 Å². The van der Waals surface area contributed by atoms with Gasteiger partial charge in [-0.3, -0.25) is 4.79 Å². The van der Waals surface area contributed by atoms with Crippen LogP contribution in [0.3, 0.4) is 0 Å². The summed E-state index contributed by atoms with van der Waals surface area (Å²) in [7, 11) is 0. The summed E-state index contributed by atoms with van der Waals surface area (Å²) in [6.07, 6.45) is 2.01. The third kappa shape index (κ3) is 4.33. The molecule has 90 valence electrons. The summed E-state index contributed by atoms with van der Waals surface area (Å²) in [6.45, 7) is 5.03. The van der Waals surface area contributed by atoms with E-state index < -0.39 is 5.97 Å². The van der Waals surface area contributed by atoms with Crippen molar-refractivity contribution >= 4 is 17.3 Å². The number of thiophene rings is 1. The molecule has 0 aliphatic rings. The van der Waals surface area contributed by atoms with E-state index in [1.54, 1.807) is 0 Å². The highest BCUT2D eigenvalue weighted by atomic mass is 32.1. The molecule has 0 bridgehead atoms. The van der Waals surface area contributed by atoms with Gasteiger partial charge < -0.3 is 10.4 Å². The number of carboxylic acid groups (broad SMARTS) is 1. The highest BCUT2D eigenvalue weighted by molar-refractivity contribution is 7.12. The second-order valence-electron chi connectivity index (χ2n) is 3.83. The van der Waals surface area contributed by atoms with Crippen molar-refractivity contribution in [2.45, 2.75) is 39.2 Å². The maximum Gasteiger partial charge on any atom is 0.303 e. The van der Waals surface area contributed by atoms with Crippen LogP contribution in [0, 0.1) is 0 Å². The molecule has 1 heterocycles. The fourth-order valence-corrected chi connectivity index (χ4v) is 2.46. The van der Waals surface area contributed by atoms with Gasteiger partial charge in [0.15, 0.2) is 0 Å². The molecule has 1 aromatic rings. The summed E-state index contributed by atoms with van der Waals surface area (Å²) in [4.78, 5) is 13.1. The van der Waals surface area contributed by atoms with E-state index in [2.05, 4.69) is 31.3 Å². The Morgan fingerprint density at radius 3 is 2.88 bits per heavy atom. The Morgan fingerprint density at radius 2 is 2.31 bits per heavy atom. The van der Waals surface area contributed by atoms with Crippen molar-refractivity contribution in [1.82, 2.24) is 5.32 Å². The smallest absolute Gasteiger partial charge is 0.303 e. The average Bonchev–Trinajstić information content (AvgIpc) is 2.72. The van der Waals surface area contributed by atoms with Crippen molar-refractivity contribution in [3.8, 4) is 0 Å². The minimum absolute atomic E-state index is 0.240. The average molecular weight is 241 g/mol. The first-order chi connectivity index (χ1) is 7.63. The van der Waals surface area contributed by atoms with Crippen LogP contribution in [-0.4, -0.2) is 17.6 Å². The second kappa shape index (κ2) is 6.66. The number of aliphatic carboxylic acids is 1. The lowest BCUT2D eigenvalue weighted by Gasteiger charge is -2.11. The molecule has 0 radical (unpaired) electrons. The quantitative estimate of drug-likeness (QED) is 0.722. The Morgan fingerprint density at radius 1 is 1.56 bits per heavy atom. The second-order valence-corrected chi connectivity index (χ2v) is 5.03. The van der Waals surface area contributed by atoms with Crippen LogP contribution in [0.15, 0.2) is 12.1 Å². The van der Waals surface area contributed by atoms with Crippen molar-refractivity contribution in [1.29, 1.82) is 0 Å². The van der Waals surface area contributed by atoms with Gasteiger partial charge in [-0.2, -0.15) is 0 Å². The summed E-state index contributed by atoms with van der Waals surface area (Å²) < 4.78 is 0. The number of aryl methyl sites for hydroxylation is 1. The van der Waals surface area contributed by atoms with Gasteiger partial charge in [0.25, 0.3) is 0 Å². The van der Waals surface area contributed by atoms with Crippen LogP contribution in [-0.2, 0) is 11.2 Å². The molecule has 0 aliphatic carbocycles. The van der Waals surface area contributed by atoms with Crippen molar-refractivity contribution in [2.24, 2.45) is 0 Å². The molecule has 1 atom stereocenters. The van der Waals surface area contributed by atoms with Gasteiger partial charge in [-0.05, 0) is 38.4 Å². The fourth-order valence-electron chi connectivity index (χ4n) is 1.48. The molecule has 1 rings (SSSR count). The molecular weight excluding hydrogens is 222 g/mol. The lowest BCUT2D eigenvalue weighted by molar-refractivity contribution is -0.137. The molecule has 3 nitrogen and oxygen atoms in total. The Balaban J connectivity index is 2.29. The molecule has 1 aromatic heterocycles. The lowest BCUT2D eigenvalue weighted by Crippen LogP contribution is -2.19. The molecule has 1 unspecified atom stereocenters. The summed E-state index contributed by atoms with van der Waals surface area (Å²) in [5, 5.41) is 11.8. The summed E-state index contributed by atoms with van der Waals surface area (Å²) in [5.41, 5.74) is 0. The fraction of sp³-hybridized carbons (Fsp3) is 0.583. The Bertz CT molecular complexity index is 336. The molecule has 0 fully saturated rings. The highest BCUT2D eigenvalue weighted by Gasteiger charge is 2.07. The maximum atomic E-state index is 10.3. The SMILES string of the molecule is CCc1ccc(C(C)NCCCC(=O)O)s1. The molecule has 0 saturated carbocycles. The van der Waals surface area contributed by atoms with Crippen molar-refractivity contribution in [3.63, 3.8) is 0 Å². The van der Waals surface area contributed by atoms with E-state index in [4.69, 9.17) is 5.11 Å². The highest BCUT2D eigenvalue weighted by Crippen LogP contribution is 2.23. The zero-order chi connectivity index (χ0) is 12.0. The first kappa shape index (κ1) is 13.2. The zero-order valence-electron chi connectivity index (χ0n) is 9.82. The minimum Gasteiger partial charge on any atom is -0.481 e. The van der Waals surface area contributed by atoms with Crippen LogP contribution < -0.4 is 5.32 Å². The van der Waals surface area contributed by atoms with Crippen LogP contribution in [0.4, 0.5) is 0 Å². The topological polar surface area (TPSA) is 49.3 Å². The van der Waals surface area contributed by atoms with Gasteiger partial charge in [0.05, 0.1) is 0 Å². The third-order valence-corrected chi connectivity index (χ3v) is 3.89. The molecule has 0 aliphatic heterocycles. The van der Waals surface area contributed by atoms with Gasteiger partial charge in [-0.1, -0.05) is 6.92 Å². The zero-order valence-corrected chi connectivity index (χ0v) is 10.6. The Hall–Kier alpha value is -0.870. The predicted molar refractivity (Wildman–Crippen MR) is 67.0 cm³/mol. The number of carboxylic acids is 1. The van der Waals surface area contributed by atoms with Crippen molar-refractivity contribution < 1.29 is 9.90 Å². The Kier molecular flexibility index (Phi) is 5.49. The van der Waals surface area contributed by atoms with Crippen LogP contribution >= 0.6 is 11.3 Å². The number of hydrogen-bond acceptors (Lipinski definition) is 3. The molecule has 16 heavy (non-hydrogen) atoms. The predicted octanol–water partition coefficient (Wildman–Crippen LogP) is 2.83. The third-order valence-electron chi connectivity index (χ3n) is 2.48. The Labute approximate surface area is 100 Å². The van der Waals surface area contributed by atoms with Crippen LogP contribution in [0.5, 0.6) is 0 Å². The van der Waals surface area contributed by atoms with E-state index in [0.29, 0.717) is 12.5 Å². The van der Waals surface area contributed by atoms with Crippen LogP contribution in [0.1, 0.15) is 42.5 Å². The largest absolute Gasteiger partial charge is 0.481 e. The van der Waals surface area contributed by atoms with E-state index in [1.165, 1.54) is 9.75 Å². The molecule has 0 spiro atoms. The van der Waals surface area contributed by atoms with Crippen molar-refractivity contribution in [3.05, 3.63) is 21.9 Å². The van der Waals surface area contributed by atoms with E-state index in [9.17, 15) is 4.79 Å². The van der Waals surface area contributed by atoms with Gasteiger partial charge in [0, 0.05) is 22.2 Å². The first-order valence-electron chi connectivity index (χ1n) is 5.67. The summed E-state index contributed by atoms with van der Waals surface area (Å²) in [6, 6.07) is 4.63. The van der Waals surface area contributed by atoms with Crippen molar-refractivity contribution in [2.75, 3.05) is 6.54 Å². The molecule has 0 aromatic carbocycles. The standard InChI is InChI=1S/C12H19NO2S/c1-3-10-6-7-11(16-10)9(2)13-8-4-5-12(14)15/h6-7,9,13H,3-5,8H2,1-2H3,(H,14,15). The monoisotopic (exact) mass is 241 g/mol. The van der Waals surface area contributed by atoms with Gasteiger partial charge in [0.2, 0.25) is 0 Å². The first-order valence-corrected chi connectivity index (χ1v) is 6.49. The molecule has 0 saturated heterocycles. The molecule has 2 N–H and O–H groups in total. The van der Waals surface area contributed by atoms with Gasteiger partial charge in [-0.15, -0.1) is 11.3 Å². The summed E-state index contributed by atoms with van der Waals surface area (Å²) >= 11 is 1.83. The lowest BCUT2D eigenvalue weighted by atomic mass is 10.2. The number of rotatable bonds is 7. The molecular formula is C12H19NO2S. The normalized spacial score (nSPS) is 12.6. The maximum absolute atomic E-state index is 10.3. The number of carbonyl (C=O) groups is 1. The number of nitrogens with one attached hydrogen (secondary N) is 1. The van der Waals surface area contributed by atoms with E-state index >= 15 is 0 Å². The van der Waals surface area contributed by atoms with E-state index in [0.717, 1.165) is 13.0 Å². The van der Waals surface area contributed by atoms with Crippen LogP contribution in [0.25, 0.3) is 0 Å². The van der Waals surface area contributed by atoms with E-state index in [1.807, 2.05) is 11.3 Å². The summed E-state index contributed by atoms with van der Waals surface area (Å²) in [5.74, 6) is -0.723. The van der Waals surface area contributed by atoms with Gasteiger partial charge in [-0.25, -0.2) is 0 Å². The minimum atomic E-state index is -0.723. The number of hydrogen-bond donors (Lipinski definition) is 2.